The Kier molecular flexibility index (Phi) is 5.23. The van der Waals surface area contributed by atoms with Crippen molar-refractivity contribution in [2.45, 2.75) is 25.2 Å². The summed E-state index contributed by atoms with van der Waals surface area (Å²) in [6, 6.07) is 5.10. The minimum absolute atomic E-state index is 0.337. The molecule has 0 amide bonds. The summed E-state index contributed by atoms with van der Waals surface area (Å²) in [4.78, 5) is 2.69. The number of hydrogen-bond acceptors (Lipinski definition) is 3. The number of benzene rings is 1. The Labute approximate surface area is 129 Å². The van der Waals surface area contributed by atoms with Crippen LogP contribution in [0.3, 0.4) is 0 Å². The number of rotatable bonds is 5. The standard InChI is InChI=1S/C14H21BrN2O2S/c1-3-17-7-6-12(10-17)9-16-20(18,19)13-4-5-14(15)11(2)8-13/h4-5,8,12,16H,3,6-7,9-10H2,1-2H3. The van der Waals surface area contributed by atoms with Crippen LogP contribution in [0.5, 0.6) is 0 Å². The van der Waals surface area contributed by atoms with Gasteiger partial charge < -0.3 is 4.90 Å². The third-order valence-electron chi connectivity index (χ3n) is 3.82. The maximum atomic E-state index is 12.3. The van der Waals surface area contributed by atoms with Crippen LogP contribution in [-0.4, -0.2) is 39.5 Å². The number of nitrogens with zero attached hydrogens (tertiary/aromatic N) is 1. The average Bonchev–Trinajstić information content (AvgIpc) is 2.87. The third kappa shape index (κ3) is 3.81. The summed E-state index contributed by atoms with van der Waals surface area (Å²) in [6.07, 6.45) is 1.07. The predicted octanol–water partition coefficient (Wildman–Crippen LogP) is 2.38. The Morgan fingerprint density at radius 1 is 1.45 bits per heavy atom. The highest BCUT2D eigenvalue weighted by molar-refractivity contribution is 9.10. The van der Waals surface area contributed by atoms with E-state index in [1.807, 2.05) is 6.92 Å². The average molecular weight is 361 g/mol. The first-order valence-corrected chi connectivity index (χ1v) is 9.18. The monoisotopic (exact) mass is 360 g/mol. The van der Waals surface area contributed by atoms with Gasteiger partial charge in [0.05, 0.1) is 4.90 Å². The number of sulfonamides is 1. The fraction of sp³-hybridized carbons (Fsp3) is 0.571. The van der Waals surface area contributed by atoms with Gasteiger partial charge in [-0.3, -0.25) is 0 Å². The Morgan fingerprint density at radius 3 is 2.80 bits per heavy atom. The zero-order valence-corrected chi connectivity index (χ0v) is 14.3. The molecule has 0 spiro atoms. The first kappa shape index (κ1) is 15.9. The fourth-order valence-corrected chi connectivity index (χ4v) is 3.91. The van der Waals surface area contributed by atoms with E-state index in [1.165, 1.54) is 0 Å². The van der Waals surface area contributed by atoms with Crippen LogP contribution in [0, 0.1) is 12.8 Å². The lowest BCUT2D eigenvalue weighted by atomic mass is 10.1. The van der Waals surface area contributed by atoms with Gasteiger partial charge >= 0.3 is 0 Å². The zero-order chi connectivity index (χ0) is 14.8. The van der Waals surface area contributed by atoms with Crippen molar-refractivity contribution in [3.8, 4) is 0 Å². The fourth-order valence-electron chi connectivity index (χ4n) is 2.46. The molecular weight excluding hydrogens is 340 g/mol. The summed E-state index contributed by atoms with van der Waals surface area (Å²) in [6.45, 7) is 7.64. The molecule has 1 heterocycles. The van der Waals surface area contributed by atoms with E-state index < -0.39 is 10.0 Å². The van der Waals surface area contributed by atoms with Gasteiger partial charge in [-0.15, -0.1) is 0 Å². The van der Waals surface area contributed by atoms with Crippen LogP contribution in [0.1, 0.15) is 18.9 Å². The van der Waals surface area contributed by atoms with Crippen molar-refractivity contribution < 1.29 is 8.42 Å². The van der Waals surface area contributed by atoms with Crippen molar-refractivity contribution in [3.05, 3.63) is 28.2 Å². The van der Waals surface area contributed by atoms with Crippen LogP contribution in [0.25, 0.3) is 0 Å². The maximum absolute atomic E-state index is 12.3. The largest absolute Gasteiger partial charge is 0.303 e. The van der Waals surface area contributed by atoms with Crippen LogP contribution in [0.15, 0.2) is 27.6 Å². The second kappa shape index (κ2) is 6.56. The Hall–Kier alpha value is -0.430. The number of aryl methyl sites for hydroxylation is 1. The van der Waals surface area contributed by atoms with Crippen molar-refractivity contribution in [1.29, 1.82) is 0 Å². The molecule has 1 atom stereocenters. The maximum Gasteiger partial charge on any atom is 0.240 e. The molecule has 0 aromatic heterocycles. The van der Waals surface area contributed by atoms with E-state index in [0.29, 0.717) is 17.4 Å². The van der Waals surface area contributed by atoms with Crippen molar-refractivity contribution in [2.24, 2.45) is 5.92 Å². The first-order valence-electron chi connectivity index (χ1n) is 6.90. The Balaban J connectivity index is 1.99. The predicted molar refractivity (Wildman–Crippen MR) is 84.3 cm³/mol. The normalized spacial score (nSPS) is 20.4. The number of likely N-dealkylation sites (tertiary alicyclic amines) is 1. The second-order valence-electron chi connectivity index (χ2n) is 5.31. The lowest BCUT2D eigenvalue weighted by Gasteiger charge is -2.14. The highest BCUT2D eigenvalue weighted by Crippen LogP contribution is 2.20. The van der Waals surface area contributed by atoms with Crippen molar-refractivity contribution in [1.82, 2.24) is 9.62 Å². The highest BCUT2D eigenvalue weighted by atomic mass is 79.9. The minimum atomic E-state index is -3.40. The summed E-state index contributed by atoms with van der Waals surface area (Å²) >= 11 is 3.38. The molecule has 1 aromatic carbocycles. The van der Waals surface area contributed by atoms with E-state index in [4.69, 9.17) is 0 Å². The summed E-state index contributed by atoms with van der Waals surface area (Å²) in [5.41, 5.74) is 0.922. The smallest absolute Gasteiger partial charge is 0.240 e. The van der Waals surface area contributed by atoms with Gasteiger partial charge in [0.1, 0.15) is 0 Å². The van der Waals surface area contributed by atoms with Crippen molar-refractivity contribution in [3.63, 3.8) is 0 Å². The molecule has 0 aliphatic carbocycles. The van der Waals surface area contributed by atoms with E-state index in [1.54, 1.807) is 18.2 Å². The highest BCUT2D eigenvalue weighted by Gasteiger charge is 2.23. The van der Waals surface area contributed by atoms with Gasteiger partial charge in [-0.25, -0.2) is 13.1 Å². The minimum Gasteiger partial charge on any atom is -0.303 e. The van der Waals surface area contributed by atoms with Crippen molar-refractivity contribution >= 4 is 26.0 Å². The first-order chi connectivity index (χ1) is 9.42. The molecule has 2 rings (SSSR count). The van der Waals surface area contributed by atoms with Gasteiger partial charge in [0, 0.05) is 17.6 Å². The van der Waals surface area contributed by atoms with Gasteiger partial charge in [-0.1, -0.05) is 22.9 Å². The lowest BCUT2D eigenvalue weighted by molar-refractivity contribution is 0.342. The second-order valence-corrected chi connectivity index (χ2v) is 7.93. The zero-order valence-electron chi connectivity index (χ0n) is 11.9. The Morgan fingerprint density at radius 2 is 2.20 bits per heavy atom. The van der Waals surface area contributed by atoms with Crippen LogP contribution in [-0.2, 0) is 10.0 Å². The summed E-state index contributed by atoms with van der Waals surface area (Å²) in [5, 5.41) is 0. The molecule has 112 valence electrons. The molecule has 20 heavy (non-hydrogen) atoms. The molecule has 0 saturated carbocycles. The van der Waals surface area contributed by atoms with Gasteiger partial charge in [0.15, 0.2) is 0 Å². The van der Waals surface area contributed by atoms with E-state index in [0.717, 1.165) is 36.1 Å². The summed E-state index contributed by atoms with van der Waals surface area (Å²) in [5.74, 6) is 0.418. The quantitative estimate of drug-likeness (QED) is 0.876. The third-order valence-corrected chi connectivity index (χ3v) is 6.13. The molecule has 1 aliphatic rings. The molecule has 1 saturated heterocycles. The number of nitrogens with one attached hydrogen (secondary N) is 1. The van der Waals surface area contributed by atoms with Gasteiger partial charge in [0.25, 0.3) is 0 Å². The molecule has 0 radical (unpaired) electrons. The van der Waals surface area contributed by atoms with E-state index in [2.05, 4.69) is 32.5 Å². The Bertz CT molecular complexity index is 575. The molecule has 1 N–H and O–H groups in total. The molecule has 1 aliphatic heterocycles. The topological polar surface area (TPSA) is 49.4 Å². The summed E-state index contributed by atoms with van der Waals surface area (Å²) < 4.78 is 28.2. The molecule has 1 aromatic rings. The van der Waals surface area contributed by atoms with Crippen LogP contribution in [0.4, 0.5) is 0 Å². The van der Waals surface area contributed by atoms with Gasteiger partial charge in [-0.05, 0) is 56.1 Å². The lowest BCUT2D eigenvalue weighted by Crippen LogP contribution is -2.31. The molecule has 1 fully saturated rings. The molecule has 1 unspecified atom stereocenters. The molecule has 0 bridgehead atoms. The van der Waals surface area contributed by atoms with Crippen LogP contribution >= 0.6 is 15.9 Å². The van der Waals surface area contributed by atoms with Crippen LogP contribution in [0.2, 0.25) is 0 Å². The van der Waals surface area contributed by atoms with Crippen LogP contribution < -0.4 is 4.72 Å². The van der Waals surface area contributed by atoms with E-state index >= 15 is 0 Å². The number of halogens is 1. The number of hydrogen-bond donors (Lipinski definition) is 1. The molecule has 4 nitrogen and oxygen atoms in total. The van der Waals surface area contributed by atoms with Gasteiger partial charge in [-0.2, -0.15) is 0 Å². The molecule has 6 heteroatoms. The summed E-state index contributed by atoms with van der Waals surface area (Å²) in [7, 11) is -3.40. The van der Waals surface area contributed by atoms with Gasteiger partial charge in [0.2, 0.25) is 10.0 Å². The van der Waals surface area contributed by atoms with E-state index in [-0.39, 0.29) is 0 Å². The molecular formula is C14H21BrN2O2S. The van der Waals surface area contributed by atoms with E-state index in [9.17, 15) is 8.42 Å². The van der Waals surface area contributed by atoms with Crippen molar-refractivity contribution in [2.75, 3.05) is 26.2 Å². The SMILES string of the molecule is CCN1CCC(CNS(=O)(=O)c2ccc(Br)c(C)c2)C1.